The first-order valence-corrected chi connectivity index (χ1v) is 4.78. The molecule has 0 atom stereocenters. The first-order chi connectivity index (χ1) is 7.11. The van der Waals surface area contributed by atoms with Gasteiger partial charge in [0.05, 0.1) is 11.6 Å². The molecule has 0 aliphatic carbocycles. The third kappa shape index (κ3) is 1.52. The molecular formula is C9H14N6. The second-order valence-electron chi connectivity index (χ2n) is 3.70. The maximum Gasteiger partial charge on any atom is 0.163 e. The monoisotopic (exact) mass is 206 g/mol. The summed E-state index contributed by atoms with van der Waals surface area (Å²) in [5.74, 6) is 6.63. The van der Waals surface area contributed by atoms with E-state index in [9.17, 15) is 0 Å². The van der Waals surface area contributed by atoms with Crippen LogP contribution >= 0.6 is 0 Å². The molecule has 0 aliphatic rings. The molecule has 0 spiro atoms. The molecule has 2 aromatic heterocycles. The number of nitrogens with two attached hydrogens (primary N) is 1. The number of aryl methyl sites for hydroxylation is 1. The smallest absolute Gasteiger partial charge is 0.163 e. The SMILES string of the molecule is CC(C)N(N)c1ncnc2c1cnn2C. The Morgan fingerprint density at radius 2 is 2.13 bits per heavy atom. The van der Waals surface area contributed by atoms with Crippen molar-refractivity contribution in [3.8, 4) is 0 Å². The van der Waals surface area contributed by atoms with Crippen molar-refractivity contribution >= 4 is 16.9 Å². The number of fused-ring (bicyclic) bond motifs is 1. The summed E-state index contributed by atoms with van der Waals surface area (Å²) in [5.41, 5.74) is 0.788. The Labute approximate surface area is 87.7 Å². The third-order valence-electron chi connectivity index (χ3n) is 2.31. The molecule has 0 radical (unpaired) electrons. The Bertz CT molecular complexity index is 474. The van der Waals surface area contributed by atoms with Gasteiger partial charge in [0.2, 0.25) is 0 Å². The van der Waals surface area contributed by atoms with Crippen molar-refractivity contribution < 1.29 is 0 Å². The molecule has 0 unspecified atom stereocenters. The van der Waals surface area contributed by atoms with E-state index in [1.54, 1.807) is 15.9 Å². The number of anilines is 1. The Balaban J connectivity index is 2.61. The van der Waals surface area contributed by atoms with Crippen LogP contribution in [-0.4, -0.2) is 25.8 Å². The van der Waals surface area contributed by atoms with Crippen molar-refractivity contribution in [2.75, 3.05) is 5.01 Å². The summed E-state index contributed by atoms with van der Waals surface area (Å²) in [6.45, 7) is 4.01. The van der Waals surface area contributed by atoms with Crippen LogP contribution in [0.15, 0.2) is 12.5 Å². The van der Waals surface area contributed by atoms with Crippen LogP contribution in [0.4, 0.5) is 5.82 Å². The van der Waals surface area contributed by atoms with Gasteiger partial charge in [-0.05, 0) is 13.8 Å². The summed E-state index contributed by atoms with van der Waals surface area (Å²) in [5, 5.41) is 6.62. The summed E-state index contributed by atoms with van der Waals surface area (Å²) in [6, 6.07) is 0.184. The number of aromatic nitrogens is 4. The van der Waals surface area contributed by atoms with E-state index in [0.29, 0.717) is 5.82 Å². The molecule has 2 rings (SSSR count). The van der Waals surface area contributed by atoms with Crippen molar-refractivity contribution in [3.63, 3.8) is 0 Å². The largest absolute Gasteiger partial charge is 0.292 e. The average Bonchev–Trinajstić information content (AvgIpc) is 2.59. The summed E-state index contributed by atoms with van der Waals surface area (Å²) in [7, 11) is 1.84. The molecule has 0 bridgehead atoms. The Hall–Kier alpha value is -1.69. The molecule has 2 aromatic rings. The minimum Gasteiger partial charge on any atom is -0.292 e. The van der Waals surface area contributed by atoms with Crippen LogP contribution in [-0.2, 0) is 7.05 Å². The Morgan fingerprint density at radius 3 is 2.80 bits per heavy atom. The molecule has 0 fully saturated rings. The Kier molecular flexibility index (Phi) is 2.28. The molecule has 0 aromatic carbocycles. The van der Waals surface area contributed by atoms with Gasteiger partial charge in [-0.2, -0.15) is 5.10 Å². The summed E-state index contributed by atoms with van der Waals surface area (Å²) in [6.07, 6.45) is 3.23. The van der Waals surface area contributed by atoms with Crippen LogP contribution in [0.25, 0.3) is 11.0 Å². The van der Waals surface area contributed by atoms with Crippen LogP contribution in [0, 0.1) is 0 Å². The van der Waals surface area contributed by atoms with Crippen molar-refractivity contribution in [1.29, 1.82) is 0 Å². The first-order valence-electron chi connectivity index (χ1n) is 4.78. The molecule has 6 heteroatoms. The van der Waals surface area contributed by atoms with Gasteiger partial charge in [0.1, 0.15) is 6.33 Å². The number of rotatable bonds is 2. The highest BCUT2D eigenvalue weighted by Gasteiger charge is 2.13. The van der Waals surface area contributed by atoms with Gasteiger partial charge in [-0.3, -0.25) is 9.69 Å². The standard InChI is InChI=1S/C9H14N6/c1-6(2)15(10)9-7-4-13-14(3)8(7)11-5-12-9/h4-6H,10H2,1-3H3. The van der Waals surface area contributed by atoms with E-state index in [1.165, 1.54) is 6.33 Å². The number of hydrazine groups is 1. The Morgan fingerprint density at radius 1 is 1.40 bits per heavy atom. The second kappa shape index (κ2) is 3.47. The minimum absolute atomic E-state index is 0.184. The molecule has 0 saturated heterocycles. The zero-order valence-corrected chi connectivity index (χ0v) is 9.05. The molecular weight excluding hydrogens is 192 g/mol. The lowest BCUT2D eigenvalue weighted by molar-refractivity contribution is 0.702. The van der Waals surface area contributed by atoms with Crippen molar-refractivity contribution in [2.45, 2.75) is 19.9 Å². The number of hydrogen-bond acceptors (Lipinski definition) is 5. The van der Waals surface area contributed by atoms with E-state index in [-0.39, 0.29) is 6.04 Å². The first kappa shape index (κ1) is 9.85. The fourth-order valence-corrected chi connectivity index (χ4v) is 1.40. The zero-order valence-electron chi connectivity index (χ0n) is 9.05. The molecule has 0 saturated carbocycles. The van der Waals surface area contributed by atoms with Crippen LogP contribution in [0.3, 0.4) is 0 Å². The van der Waals surface area contributed by atoms with Gasteiger partial charge >= 0.3 is 0 Å². The lowest BCUT2D eigenvalue weighted by atomic mass is 10.3. The van der Waals surface area contributed by atoms with Gasteiger partial charge in [0.25, 0.3) is 0 Å². The van der Waals surface area contributed by atoms with Crippen LogP contribution in [0.1, 0.15) is 13.8 Å². The van der Waals surface area contributed by atoms with Gasteiger partial charge in [0.15, 0.2) is 11.5 Å². The predicted molar refractivity (Wildman–Crippen MR) is 58.1 cm³/mol. The normalized spacial score (nSPS) is 11.3. The average molecular weight is 206 g/mol. The van der Waals surface area contributed by atoms with Gasteiger partial charge in [-0.1, -0.05) is 0 Å². The van der Waals surface area contributed by atoms with E-state index in [2.05, 4.69) is 15.1 Å². The summed E-state index contributed by atoms with van der Waals surface area (Å²) < 4.78 is 1.70. The van der Waals surface area contributed by atoms with Crippen LogP contribution < -0.4 is 10.9 Å². The topological polar surface area (TPSA) is 72.9 Å². The zero-order chi connectivity index (χ0) is 11.0. The van der Waals surface area contributed by atoms with Crippen molar-refractivity contribution in [3.05, 3.63) is 12.5 Å². The maximum absolute atomic E-state index is 5.92. The highest BCUT2D eigenvalue weighted by Crippen LogP contribution is 2.20. The molecule has 0 amide bonds. The molecule has 6 nitrogen and oxygen atoms in total. The van der Waals surface area contributed by atoms with E-state index < -0.39 is 0 Å². The van der Waals surface area contributed by atoms with Gasteiger partial charge in [-0.15, -0.1) is 0 Å². The van der Waals surface area contributed by atoms with E-state index in [1.807, 2.05) is 20.9 Å². The molecule has 15 heavy (non-hydrogen) atoms. The van der Waals surface area contributed by atoms with Crippen molar-refractivity contribution in [2.24, 2.45) is 12.9 Å². The summed E-state index contributed by atoms with van der Waals surface area (Å²) in [4.78, 5) is 8.33. The van der Waals surface area contributed by atoms with E-state index in [4.69, 9.17) is 5.84 Å². The fraction of sp³-hybridized carbons (Fsp3) is 0.444. The van der Waals surface area contributed by atoms with Crippen molar-refractivity contribution in [1.82, 2.24) is 19.7 Å². The maximum atomic E-state index is 5.92. The predicted octanol–water partition coefficient (Wildman–Crippen LogP) is 0.452. The van der Waals surface area contributed by atoms with Gasteiger partial charge in [0, 0.05) is 13.1 Å². The lowest BCUT2D eigenvalue weighted by Gasteiger charge is -2.21. The summed E-state index contributed by atoms with van der Waals surface area (Å²) >= 11 is 0. The highest BCUT2D eigenvalue weighted by molar-refractivity contribution is 5.86. The van der Waals surface area contributed by atoms with Gasteiger partial charge < -0.3 is 0 Å². The second-order valence-corrected chi connectivity index (χ2v) is 3.70. The van der Waals surface area contributed by atoms with E-state index in [0.717, 1.165) is 11.0 Å². The number of nitrogens with zero attached hydrogens (tertiary/aromatic N) is 5. The van der Waals surface area contributed by atoms with E-state index >= 15 is 0 Å². The third-order valence-corrected chi connectivity index (χ3v) is 2.31. The molecule has 2 heterocycles. The molecule has 0 aliphatic heterocycles. The van der Waals surface area contributed by atoms with Crippen LogP contribution in [0.5, 0.6) is 0 Å². The highest BCUT2D eigenvalue weighted by atomic mass is 15.4. The van der Waals surface area contributed by atoms with Gasteiger partial charge in [-0.25, -0.2) is 15.8 Å². The molecule has 2 N–H and O–H groups in total. The van der Waals surface area contributed by atoms with Crippen LogP contribution in [0.2, 0.25) is 0 Å². The molecule has 80 valence electrons. The quantitative estimate of drug-likeness (QED) is 0.570. The lowest BCUT2D eigenvalue weighted by Crippen LogP contribution is -2.38. The fourth-order valence-electron chi connectivity index (χ4n) is 1.40. The minimum atomic E-state index is 0.184. The number of hydrogen-bond donors (Lipinski definition) is 1.